The third-order valence-corrected chi connectivity index (χ3v) is 4.65. The van der Waals surface area contributed by atoms with Crippen molar-refractivity contribution in [1.82, 2.24) is 0 Å². The molecule has 0 aromatic carbocycles. The fourth-order valence-electron chi connectivity index (χ4n) is 2.21. The van der Waals surface area contributed by atoms with Crippen molar-refractivity contribution >= 4 is 27.3 Å². The molecule has 2 unspecified atom stereocenters. The molecular weight excluding hydrogens is 272 g/mol. The fraction of sp³-hybridized carbons (Fsp3) is 0.667. The highest BCUT2D eigenvalue weighted by Gasteiger charge is 2.24. The van der Waals surface area contributed by atoms with Gasteiger partial charge >= 0.3 is 0 Å². The van der Waals surface area contributed by atoms with Crippen molar-refractivity contribution in [1.29, 1.82) is 0 Å². The zero-order valence-electron chi connectivity index (χ0n) is 9.25. The molecule has 84 valence electrons. The van der Waals surface area contributed by atoms with Crippen LogP contribution in [0.5, 0.6) is 0 Å². The third-order valence-electron chi connectivity index (χ3n) is 2.95. The van der Waals surface area contributed by atoms with E-state index in [0.29, 0.717) is 12.2 Å². The molecule has 0 saturated carbocycles. The molecule has 1 aromatic heterocycles. The van der Waals surface area contributed by atoms with Gasteiger partial charge in [-0.05, 0) is 44.7 Å². The van der Waals surface area contributed by atoms with Crippen LogP contribution in [0, 0.1) is 13.8 Å². The normalized spacial score (nSPS) is 26.9. The van der Waals surface area contributed by atoms with Crippen LogP contribution in [0.3, 0.4) is 0 Å². The Hall–Kier alpha value is 0.140. The Balaban J connectivity index is 2.13. The van der Waals surface area contributed by atoms with Crippen LogP contribution in [0.1, 0.15) is 40.7 Å². The molecule has 0 spiro atoms. The number of thiophene rings is 1. The highest BCUT2D eigenvalue weighted by atomic mass is 79.9. The van der Waals surface area contributed by atoms with Gasteiger partial charge in [-0.2, -0.15) is 0 Å². The summed E-state index contributed by atoms with van der Waals surface area (Å²) in [7, 11) is 0. The Kier molecular flexibility index (Phi) is 3.86. The second kappa shape index (κ2) is 4.98. The van der Waals surface area contributed by atoms with Crippen molar-refractivity contribution in [2.75, 3.05) is 5.33 Å². The molecule has 0 amide bonds. The lowest BCUT2D eigenvalue weighted by Crippen LogP contribution is -2.23. The highest BCUT2D eigenvalue weighted by molar-refractivity contribution is 9.09. The van der Waals surface area contributed by atoms with Crippen LogP contribution >= 0.6 is 27.3 Å². The van der Waals surface area contributed by atoms with Gasteiger partial charge in [-0.25, -0.2) is 0 Å². The first-order valence-corrected chi connectivity index (χ1v) is 7.43. The number of hydrogen-bond acceptors (Lipinski definition) is 2. The van der Waals surface area contributed by atoms with Gasteiger partial charge < -0.3 is 4.74 Å². The van der Waals surface area contributed by atoms with E-state index in [1.807, 2.05) is 11.3 Å². The summed E-state index contributed by atoms with van der Waals surface area (Å²) in [6, 6.07) is 2.29. The molecule has 0 aliphatic carbocycles. The maximum atomic E-state index is 6.08. The summed E-state index contributed by atoms with van der Waals surface area (Å²) in [5.41, 5.74) is 1.42. The van der Waals surface area contributed by atoms with Crippen molar-refractivity contribution in [2.45, 2.75) is 45.3 Å². The number of hydrogen-bond donors (Lipinski definition) is 0. The number of aryl methyl sites for hydroxylation is 2. The maximum Gasteiger partial charge on any atom is 0.0839 e. The average molecular weight is 289 g/mol. The van der Waals surface area contributed by atoms with E-state index >= 15 is 0 Å². The number of halogens is 1. The molecule has 15 heavy (non-hydrogen) atoms. The first-order valence-electron chi connectivity index (χ1n) is 5.49. The Morgan fingerprint density at radius 1 is 1.47 bits per heavy atom. The van der Waals surface area contributed by atoms with Crippen LogP contribution in [0.2, 0.25) is 0 Å². The quantitative estimate of drug-likeness (QED) is 0.735. The molecule has 1 aliphatic heterocycles. The second-order valence-electron chi connectivity index (χ2n) is 4.20. The molecule has 2 rings (SSSR count). The summed E-state index contributed by atoms with van der Waals surface area (Å²) in [5, 5.41) is 0.964. The highest BCUT2D eigenvalue weighted by Crippen LogP contribution is 2.36. The summed E-state index contributed by atoms with van der Waals surface area (Å²) in [6.07, 6.45) is 4.41. The summed E-state index contributed by atoms with van der Waals surface area (Å²) >= 11 is 5.39. The van der Waals surface area contributed by atoms with Gasteiger partial charge in [-0.1, -0.05) is 15.9 Å². The van der Waals surface area contributed by atoms with Gasteiger partial charge in [-0.15, -0.1) is 11.3 Å². The summed E-state index contributed by atoms with van der Waals surface area (Å²) in [5.74, 6) is 0. The summed E-state index contributed by atoms with van der Waals surface area (Å²) in [4.78, 5) is 2.82. The predicted octanol–water partition coefficient (Wildman–Crippen LogP) is 4.37. The van der Waals surface area contributed by atoms with Crippen LogP contribution in [-0.4, -0.2) is 11.4 Å². The minimum absolute atomic E-state index is 0.339. The maximum absolute atomic E-state index is 6.08. The van der Waals surface area contributed by atoms with Crippen LogP contribution in [0.4, 0.5) is 0 Å². The first-order chi connectivity index (χ1) is 7.20. The Labute approximate surface area is 104 Å². The van der Waals surface area contributed by atoms with Crippen LogP contribution in [-0.2, 0) is 4.74 Å². The lowest BCUT2D eigenvalue weighted by molar-refractivity contribution is -0.0384. The van der Waals surface area contributed by atoms with Crippen molar-refractivity contribution in [3.8, 4) is 0 Å². The zero-order valence-corrected chi connectivity index (χ0v) is 11.7. The fourth-order valence-corrected chi connectivity index (χ4v) is 3.67. The summed E-state index contributed by atoms with van der Waals surface area (Å²) in [6.45, 7) is 4.38. The summed E-state index contributed by atoms with van der Waals surface area (Å²) < 4.78 is 6.08. The average Bonchev–Trinajstić information content (AvgIpc) is 2.58. The smallest absolute Gasteiger partial charge is 0.0839 e. The molecule has 0 bridgehead atoms. The van der Waals surface area contributed by atoms with Gasteiger partial charge in [0.05, 0.1) is 12.2 Å². The second-order valence-corrected chi connectivity index (χ2v) is 6.31. The molecule has 0 N–H and O–H groups in total. The van der Waals surface area contributed by atoms with Gasteiger partial charge in [0.2, 0.25) is 0 Å². The molecule has 0 radical (unpaired) electrons. The van der Waals surface area contributed by atoms with Gasteiger partial charge in [-0.3, -0.25) is 0 Å². The minimum Gasteiger partial charge on any atom is -0.369 e. The van der Waals surface area contributed by atoms with Crippen LogP contribution in [0.25, 0.3) is 0 Å². The Bertz CT molecular complexity index is 334. The largest absolute Gasteiger partial charge is 0.369 e. The third kappa shape index (κ3) is 2.63. The Morgan fingerprint density at radius 3 is 2.87 bits per heavy atom. The number of rotatable bonds is 2. The number of alkyl halides is 1. The molecule has 1 saturated heterocycles. The van der Waals surface area contributed by atoms with Gasteiger partial charge in [0.1, 0.15) is 0 Å². The molecule has 3 heteroatoms. The van der Waals surface area contributed by atoms with E-state index in [0.717, 1.165) is 5.33 Å². The lowest BCUT2D eigenvalue weighted by atomic mass is 9.99. The van der Waals surface area contributed by atoms with Crippen molar-refractivity contribution < 1.29 is 4.74 Å². The van der Waals surface area contributed by atoms with E-state index in [2.05, 4.69) is 35.8 Å². The Morgan fingerprint density at radius 2 is 2.27 bits per heavy atom. The number of ether oxygens (including phenoxy) is 1. The monoisotopic (exact) mass is 288 g/mol. The van der Waals surface area contributed by atoms with Gasteiger partial charge in [0, 0.05) is 15.1 Å². The molecule has 1 aromatic rings. The molecular formula is C12H17BrOS. The van der Waals surface area contributed by atoms with Crippen molar-refractivity contribution in [2.24, 2.45) is 0 Å². The predicted molar refractivity (Wildman–Crippen MR) is 69.1 cm³/mol. The van der Waals surface area contributed by atoms with E-state index in [9.17, 15) is 0 Å². The van der Waals surface area contributed by atoms with Crippen molar-refractivity contribution in [3.05, 3.63) is 21.4 Å². The zero-order chi connectivity index (χ0) is 10.8. The molecule has 2 heterocycles. The SMILES string of the molecule is Cc1cc(C2CCCC(CBr)O2)c(C)s1. The molecule has 1 nitrogen and oxygen atoms in total. The van der Waals surface area contributed by atoms with E-state index < -0.39 is 0 Å². The first kappa shape index (κ1) is 11.6. The van der Waals surface area contributed by atoms with Gasteiger partial charge in [0.25, 0.3) is 0 Å². The molecule has 2 atom stereocenters. The minimum atomic E-state index is 0.339. The van der Waals surface area contributed by atoms with Crippen LogP contribution in [0.15, 0.2) is 6.07 Å². The standard InChI is InChI=1S/C12H17BrOS/c1-8-6-11(9(2)15-8)12-5-3-4-10(7-13)14-12/h6,10,12H,3-5,7H2,1-2H3. The topological polar surface area (TPSA) is 9.23 Å². The molecule has 1 fully saturated rings. The van der Waals surface area contributed by atoms with E-state index in [4.69, 9.17) is 4.74 Å². The van der Waals surface area contributed by atoms with E-state index in [1.165, 1.54) is 34.6 Å². The lowest BCUT2D eigenvalue weighted by Gasteiger charge is -2.29. The van der Waals surface area contributed by atoms with E-state index in [-0.39, 0.29) is 0 Å². The van der Waals surface area contributed by atoms with Crippen LogP contribution < -0.4 is 0 Å². The van der Waals surface area contributed by atoms with E-state index in [1.54, 1.807) is 0 Å². The molecule has 1 aliphatic rings. The van der Waals surface area contributed by atoms with Crippen molar-refractivity contribution in [3.63, 3.8) is 0 Å². The van der Waals surface area contributed by atoms with Gasteiger partial charge in [0.15, 0.2) is 0 Å².